The van der Waals surface area contributed by atoms with Gasteiger partial charge in [0.25, 0.3) is 0 Å². The topological polar surface area (TPSA) is 87.7 Å². The molecule has 7 nitrogen and oxygen atoms in total. The number of carbonyl (C=O) groups excluding carboxylic acids is 3. The van der Waals surface area contributed by atoms with Gasteiger partial charge in [-0.2, -0.15) is 0 Å². The molecular weight excluding hydrogens is 438 g/mol. The number of likely N-dealkylation sites (tertiary alicyclic amines) is 1. The summed E-state index contributed by atoms with van der Waals surface area (Å²) in [5.74, 6) is -0.00518. The lowest BCUT2D eigenvalue weighted by atomic mass is 10.0. The van der Waals surface area contributed by atoms with Gasteiger partial charge in [0.15, 0.2) is 0 Å². The highest BCUT2D eigenvalue weighted by Crippen LogP contribution is 2.15. The minimum absolute atomic E-state index is 0.0546. The summed E-state index contributed by atoms with van der Waals surface area (Å²) >= 11 is 3.42. The van der Waals surface area contributed by atoms with E-state index in [1.54, 1.807) is 20.8 Å². The van der Waals surface area contributed by atoms with Crippen LogP contribution in [0, 0.1) is 0 Å². The Morgan fingerprint density at radius 2 is 1.90 bits per heavy atom. The molecule has 8 heteroatoms. The van der Waals surface area contributed by atoms with Gasteiger partial charge in [-0.15, -0.1) is 0 Å². The minimum Gasteiger partial charge on any atom is -0.444 e. The summed E-state index contributed by atoms with van der Waals surface area (Å²) in [7, 11) is 0. The van der Waals surface area contributed by atoms with Crippen LogP contribution in [0.1, 0.15) is 45.6 Å². The van der Waals surface area contributed by atoms with Crippen LogP contribution in [0.25, 0.3) is 0 Å². The lowest BCUT2D eigenvalue weighted by Crippen LogP contribution is -2.47. The van der Waals surface area contributed by atoms with Gasteiger partial charge in [-0.05, 0) is 51.3 Å². The summed E-state index contributed by atoms with van der Waals surface area (Å²) in [5, 5.41) is 5.56. The second-order valence-corrected chi connectivity index (χ2v) is 9.12. The summed E-state index contributed by atoms with van der Waals surface area (Å²) in [4.78, 5) is 38.0. The van der Waals surface area contributed by atoms with E-state index in [1.807, 2.05) is 29.2 Å². The third-order valence-corrected chi connectivity index (χ3v) is 4.97. The lowest BCUT2D eigenvalue weighted by molar-refractivity contribution is -0.131. The molecule has 0 atom stereocenters. The number of benzene rings is 1. The fraction of sp³-hybridized carbons (Fsp3) is 0.571. The number of amides is 3. The number of halogens is 1. The third-order valence-electron chi connectivity index (χ3n) is 4.48. The number of carbonyl (C=O) groups is 3. The molecule has 1 aliphatic rings. The Labute approximate surface area is 180 Å². The molecule has 0 bridgehead atoms. The first kappa shape index (κ1) is 23.2. The summed E-state index contributed by atoms with van der Waals surface area (Å²) in [5.41, 5.74) is 0.423. The van der Waals surface area contributed by atoms with E-state index in [0.717, 1.165) is 22.9 Å². The second kappa shape index (κ2) is 10.6. The monoisotopic (exact) mass is 467 g/mol. The van der Waals surface area contributed by atoms with Crippen LogP contribution in [-0.4, -0.2) is 54.1 Å². The van der Waals surface area contributed by atoms with Gasteiger partial charge in [0.05, 0.1) is 6.42 Å². The first-order valence-electron chi connectivity index (χ1n) is 9.91. The Morgan fingerprint density at radius 1 is 1.21 bits per heavy atom. The summed E-state index contributed by atoms with van der Waals surface area (Å²) in [6.07, 6.45) is 1.52. The highest BCUT2D eigenvalue weighted by atomic mass is 79.9. The van der Waals surface area contributed by atoms with Crippen LogP contribution in [0.3, 0.4) is 0 Å². The molecule has 3 amide bonds. The Morgan fingerprint density at radius 3 is 2.52 bits per heavy atom. The molecule has 1 saturated heterocycles. The van der Waals surface area contributed by atoms with E-state index in [9.17, 15) is 14.4 Å². The molecule has 0 radical (unpaired) electrons. The average molecular weight is 468 g/mol. The second-order valence-electron chi connectivity index (χ2n) is 8.21. The third kappa shape index (κ3) is 8.85. The van der Waals surface area contributed by atoms with E-state index in [1.165, 1.54) is 0 Å². The molecule has 1 fully saturated rings. The van der Waals surface area contributed by atoms with Crippen molar-refractivity contribution in [2.45, 2.75) is 58.1 Å². The predicted octanol–water partition coefficient (Wildman–Crippen LogP) is 3.01. The van der Waals surface area contributed by atoms with Crippen LogP contribution < -0.4 is 10.6 Å². The van der Waals surface area contributed by atoms with Crippen LogP contribution in [0.4, 0.5) is 4.79 Å². The van der Waals surface area contributed by atoms with Crippen molar-refractivity contribution in [2.24, 2.45) is 0 Å². The van der Waals surface area contributed by atoms with E-state index in [-0.39, 0.29) is 30.8 Å². The van der Waals surface area contributed by atoms with Gasteiger partial charge in [0.1, 0.15) is 5.60 Å². The SMILES string of the molecule is CC(C)(C)OC(=O)NCCC(=O)NC1CCN(C(=O)Cc2cccc(Br)c2)CC1. The van der Waals surface area contributed by atoms with E-state index in [0.29, 0.717) is 19.5 Å². The van der Waals surface area contributed by atoms with Crippen molar-refractivity contribution in [3.8, 4) is 0 Å². The van der Waals surface area contributed by atoms with Crippen molar-refractivity contribution in [3.63, 3.8) is 0 Å². The Balaban J connectivity index is 1.65. The van der Waals surface area contributed by atoms with Crippen LogP contribution in [0.15, 0.2) is 28.7 Å². The van der Waals surface area contributed by atoms with Crippen molar-refractivity contribution in [2.75, 3.05) is 19.6 Å². The molecule has 0 saturated carbocycles. The van der Waals surface area contributed by atoms with Gasteiger partial charge in [-0.25, -0.2) is 4.79 Å². The molecule has 160 valence electrons. The molecule has 0 aromatic heterocycles. The maximum atomic E-state index is 12.5. The van der Waals surface area contributed by atoms with Gasteiger partial charge >= 0.3 is 6.09 Å². The molecule has 1 aliphatic heterocycles. The van der Waals surface area contributed by atoms with Gasteiger partial charge in [0.2, 0.25) is 11.8 Å². The number of ether oxygens (including phenoxy) is 1. The van der Waals surface area contributed by atoms with Crippen molar-refractivity contribution in [1.82, 2.24) is 15.5 Å². The smallest absolute Gasteiger partial charge is 0.407 e. The number of alkyl carbamates (subject to hydrolysis) is 1. The maximum Gasteiger partial charge on any atom is 0.407 e. The van der Waals surface area contributed by atoms with Gasteiger partial charge < -0.3 is 20.3 Å². The van der Waals surface area contributed by atoms with Crippen LogP contribution in [-0.2, 0) is 20.7 Å². The molecule has 2 rings (SSSR count). The quantitative estimate of drug-likeness (QED) is 0.672. The number of piperidine rings is 1. The van der Waals surface area contributed by atoms with Crippen molar-refractivity contribution >= 4 is 33.8 Å². The largest absolute Gasteiger partial charge is 0.444 e. The van der Waals surface area contributed by atoms with Crippen molar-refractivity contribution in [3.05, 3.63) is 34.3 Å². The van der Waals surface area contributed by atoms with E-state index in [4.69, 9.17) is 4.74 Å². The zero-order valence-corrected chi connectivity index (χ0v) is 18.9. The van der Waals surface area contributed by atoms with Crippen LogP contribution >= 0.6 is 15.9 Å². The Kier molecular flexibility index (Phi) is 8.49. The Bertz CT molecular complexity index is 725. The standard InChI is InChI=1S/C21H30BrN3O4/c1-21(2,3)29-20(28)23-10-7-18(26)24-17-8-11-25(12-9-17)19(27)14-15-5-4-6-16(22)13-15/h4-6,13,17H,7-12,14H2,1-3H3,(H,23,28)(H,24,26). The zero-order valence-electron chi connectivity index (χ0n) is 17.3. The normalized spacial score (nSPS) is 15.0. The van der Waals surface area contributed by atoms with Gasteiger partial charge in [-0.1, -0.05) is 28.1 Å². The summed E-state index contributed by atoms with van der Waals surface area (Å²) in [6, 6.07) is 7.81. The number of rotatable bonds is 6. The molecule has 0 aliphatic carbocycles. The predicted molar refractivity (Wildman–Crippen MR) is 114 cm³/mol. The molecule has 2 N–H and O–H groups in total. The van der Waals surface area contributed by atoms with Crippen molar-refractivity contribution < 1.29 is 19.1 Å². The number of hydrogen-bond donors (Lipinski definition) is 2. The summed E-state index contributed by atoms with van der Waals surface area (Å²) < 4.78 is 6.09. The van der Waals surface area contributed by atoms with E-state index in [2.05, 4.69) is 26.6 Å². The van der Waals surface area contributed by atoms with Gasteiger partial charge in [0, 0.05) is 36.6 Å². The van der Waals surface area contributed by atoms with Crippen molar-refractivity contribution in [1.29, 1.82) is 0 Å². The minimum atomic E-state index is -0.561. The molecule has 0 unspecified atom stereocenters. The highest BCUT2D eigenvalue weighted by Gasteiger charge is 2.24. The van der Waals surface area contributed by atoms with E-state index >= 15 is 0 Å². The molecule has 0 spiro atoms. The van der Waals surface area contributed by atoms with E-state index < -0.39 is 11.7 Å². The molecule has 29 heavy (non-hydrogen) atoms. The number of hydrogen-bond acceptors (Lipinski definition) is 4. The lowest BCUT2D eigenvalue weighted by Gasteiger charge is -2.32. The zero-order chi connectivity index (χ0) is 21.4. The van der Waals surface area contributed by atoms with Crippen LogP contribution in [0.5, 0.6) is 0 Å². The fourth-order valence-electron chi connectivity index (χ4n) is 3.10. The Hall–Kier alpha value is -2.09. The molecular formula is C21H30BrN3O4. The number of nitrogens with zero attached hydrogens (tertiary/aromatic N) is 1. The average Bonchev–Trinajstić information content (AvgIpc) is 2.60. The first-order valence-corrected chi connectivity index (χ1v) is 10.7. The fourth-order valence-corrected chi connectivity index (χ4v) is 3.55. The maximum absolute atomic E-state index is 12.5. The first-order chi connectivity index (χ1) is 13.6. The highest BCUT2D eigenvalue weighted by molar-refractivity contribution is 9.10. The van der Waals surface area contributed by atoms with Crippen LogP contribution in [0.2, 0.25) is 0 Å². The molecule has 1 aromatic rings. The number of nitrogens with one attached hydrogen (secondary N) is 2. The molecule has 1 heterocycles. The van der Waals surface area contributed by atoms with Gasteiger partial charge in [-0.3, -0.25) is 9.59 Å². The summed E-state index contributed by atoms with van der Waals surface area (Å²) in [6.45, 7) is 6.85. The molecule has 1 aromatic carbocycles.